The molecule has 1 aliphatic rings. The largest absolute Gasteiger partial charge is 0.383 e. The number of hydrogen-bond donors (Lipinski definition) is 1. The van der Waals surface area contributed by atoms with Gasteiger partial charge >= 0.3 is 0 Å². The average Bonchev–Trinajstić information content (AvgIpc) is 3.39. The molecule has 0 fully saturated rings. The number of methoxy groups -OCH3 is 1. The van der Waals surface area contributed by atoms with Gasteiger partial charge in [0.1, 0.15) is 0 Å². The number of fused-ring (bicyclic) bond motifs is 1. The van der Waals surface area contributed by atoms with E-state index in [9.17, 15) is 4.79 Å². The molecule has 29 heavy (non-hydrogen) atoms. The highest BCUT2D eigenvalue weighted by Gasteiger charge is 2.28. The van der Waals surface area contributed by atoms with Gasteiger partial charge in [0.2, 0.25) is 0 Å². The van der Waals surface area contributed by atoms with Crippen LogP contribution in [0.4, 0.5) is 0 Å². The number of hydrogen-bond acceptors (Lipinski definition) is 6. The second-order valence-electron chi connectivity index (χ2n) is 7.13. The molecule has 8 heteroatoms. The second-order valence-corrected chi connectivity index (χ2v) is 7.91. The monoisotopic (exact) mass is 411 g/mol. The number of thiophene rings is 1. The molecule has 0 radical (unpaired) electrons. The van der Waals surface area contributed by atoms with Gasteiger partial charge in [-0.1, -0.05) is 6.07 Å². The molecule has 1 amide bonds. The third-order valence-electron chi connectivity index (χ3n) is 5.10. The van der Waals surface area contributed by atoms with Crippen molar-refractivity contribution >= 4 is 17.2 Å². The third-order valence-corrected chi connectivity index (χ3v) is 5.83. The number of aromatic nitrogens is 3. The highest BCUT2D eigenvalue weighted by Crippen LogP contribution is 2.24. The zero-order valence-corrected chi connectivity index (χ0v) is 17.3. The predicted molar refractivity (Wildman–Crippen MR) is 112 cm³/mol. The van der Waals surface area contributed by atoms with Crippen molar-refractivity contribution in [2.45, 2.75) is 32.6 Å². The molecule has 0 spiro atoms. The standard InChI is InChI=1S/C21H25N5O2S/c1-28-9-8-26-19-4-7-25(13-17-5-10-29-15-17)14-18(19)20(24-26)21(27)23-12-16-3-2-6-22-11-16/h2-3,5-6,10-11,15H,4,7-9,12-14H2,1H3,(H,23,27). The molecule has 0 saturated heterocycles. The summed E-state index contributed by atoms with van der Waals surface area (Å²) in [5.41, 5.74) is 4.98. The van der Waals surface area contributed by atoms with E-state index in [1.165, 1.54) is 5.56 Å². The van der Waals surface area contributed by atoms with E-state index in [4.69, 9.17) is 4.74 Å². The van der Waals surface area contributed by atoms with Crippen molar-refractivity contribution in [2.24, 2.45) is 0 Å². The summed E-state index contributed by atoms with van der Waals surface area (Å²) < 4.78 is 7.17. The lowest BCUT2D eigenvalue weighted by Gasteiger charge is -2.27. The fraction of sp³-hybridized carbons (Fsp3) is 0.381. The van der Waals surface area contributed by atoms with Crippen LogP contribution in [0.15, 0.2) is 41.4 Å². The number of amides is 1. The van der Waals surface area contributed by atoms with Crippen LogP contribution in [-0.4, -0.2) is 45.8 Å². The van der Waals surface area contributed by atoms with Crippen LogP contribution in [0.25, 0.3) is 0 Å². The molecule has 0 atom stereocenters. The fourth-order valence-electron chi connectivity index (χ4n) is 3.64. The van der Waals surface area contributed by atoms with Gasteiger partial charge in [0.05, 0.1) is 13.2 Å². The van der Waals surface area contributed by atoms with Crippen molar-refractivity contribution in [3.63, 3.8) is 0 Å². The third kappa shape index (κ3) is 4.72. The molecule has 3 aromatic heterocycles. The molecule has 0 aliphatic carbocycles. The van der Waals surface area contributed by atoms with Crippen molar-refractivity contribution < 1.29 is 9.53 Å². The first-order valence-corrected chi connectivity index (χ1v) is 10.7. The van der Waals surface area contributed by atoms with Gasteiger partial charge < -0.3 is 10.1 Å². The normalized spacial score (nSPS) is 14.0. The molecule has 0 saturated carbocycles. The van der Waals surface area contributed by atoms with Crippen LogP contribution in [0.1, 0.15) is 32.9 Å². The molecular weight excluding hydrogens is 386 g/mol. The molecule has 7 nitrogen and oxygen atoms in total. The highest BCUT2D eigenvalue weighted by molar-refractivity contribution is 7.07. The highest BCUT2D eigenvalue weighted by atomic mass is 32.1. The van der Waals surface area contributed by atoms with Crippen LogP contribution in [0, 0.1) is 0 Å². The van der Waals surface area contributed by atoms with Crippen LogP contribution in [-0.2, 0) is 37.3 Å². The first kappa shape index (κ1) is 19.8. The molecule has 1 N–H and O–H groups in total. The fourth-order valence-corrected chi connectivity index (χ4v) is 4.30. The minimum Gasteiger partial charge on any atom is -0.383 e. The summed E-state index contributed by atoms with van der Waals surface area (Å²) in [6.45, 7) is 4.24. The van der Waals surface area contributed by atoms with Crippen LogP contribution in [0.2, 0.25) is 0 Å². The summed E-state index contributed by atoms with van der Waals surface area (Å²) in [5, 5.41) is 11.9. The van der Waals surface area contributed by atoms with E-state index in [1.54, 1.807) is 30.8 Å². The molecular formula is C21H25N5O2S. The van der Waals surface area contributed by atoms with Gasteiger partial charge in [-0.2, -0.15) is 16.4 Å². The first-order chi connectivity index (χ1) is 14.2. The quantitative estimate of drug-likeness (QED) is 0.617. The van der Waals surface area contributed by atoms with E-state index in [2.05, 4.69) is 37.1 Å². The topological polar surface area (TPSA) is 72.3 Å². The van der Waals surface area contributed by atoms with E-state index in [-0.39, 0.29) is 5.91 Å². The maximum atomic E-state index is 12.9. The Kier molecular flexibility index (Phi) is 6.33. The summed E-state index contributed by atoms with van der Waals surface area (Å²) in [6.07, 6.45) is 4.36. The van der Waals surface area contributed by atoms with Gasteiger partial charge in [-0.15, -0.1) is 0 Å². The van der Waals surface area contributed by atoms with Gasteiger partial charge in [-0.3, -0.25) is 19.4 Å². The van der Waals surface area contributed by atoms with E-state index in [1.807, 2.05) is 16.8 Å². The Bertz CT molecular complexity index is 940. The zero-order chi connectivity index (χ0) is 20.1. The lowest BCUT2D eigenvalue weighted by Crippen LogP contribution is -2.32. The zero-order valence-electron chi connectivity index (χ0n) is 16.5. The molecule has 0 bridgehead atoms. The second kappa shape index (κ2) is 9.30. The SMILES string of the molecule is COCCn1nc(C(=O)NCc2cccnc2)c2c1CCN(Cc1ccsc1)C2. The van der Waals surface area contributed by atoms with Crippen molar-refractivity contribution in [1.29, 1.82) is 0 Å². The van der Waals surface area contributed by atoms with Crippen LogP contribution in [0.5, 0.6) is 0 Å². The Morgan fingerprint density at radius 2 is 2.28 bits per heavy atom. The molecule has 152 valence electrons. The molecule has 4 rings (SSSR count). The number of ether oxygens (including phenoxy) is 1. The lowest BCUT2D eigenvalue weighted by atomic mass is 10.0. The van der Waals surface area contributed by atoms with Gasteiger partial charge in [-0.05, 0) is 34.0 Å². The summed E-state index contributed by atoms with van der Waals surface area (Å²) in [7, 11) is 1.68. The predicted octanol–water partition coefficient (Wildman–Crippen LogP) is 2.47. The summed E-state index contributed by atoms with van der Waals surface area (Å²) in [5.74, 6) is -0.140. The lowest BCUT2D eigenvalue weighted by molar-refractivity contribution is 0.0942. The Hall–Kier alpha value is -2.55. The van der Waals surface area contributed by atoms with Crippen LogP contribution < -0.4 is 5.32 Å². The molecule has 4 heterocycles. The molecule has 0 aromatic carbocycles. The first-order valence-electron chi connectivity index (χ1n) is 9.72. The number of carbonyl (C=O) groups is 1. The number of nitrogens with one attached hydrogen (secondary N) is 1. The number of carbonyl (C=O) groups excluding carboxylic acids is 1. The Balaban J connectivity index is 1.52. The van der Waals surface area contributed by atoms with Crippen molar-refractivity contribution in [3.8, 4) is 0 Å². The van der Waals surface area contributed by atoms with Crippen molar-refractivity contribution in [2.75, 3.05) is 20.3 Å². The number of pyridine rings is 1. The molecule has 0 unspecified atom stereocenters. The van der Waals surface area contributed by atoms with Crippen LogP contribution in [0.3, 0.4) is 0 Å². The van der Waals surface area contributed by atoms with E-state index >= 15 is 0 Å². The van der Waals surface area contributed by atoms with Gasteiger partial charge in [0.25, 0.3) is 5.91 Å². The van der Waals surface area contributed by atoms with Crippen molar-refractivity contribution in [3.05, 3.63) is 69.4 Å². The van der Waals surface area contributed by atoms with Crippen molar-refractivity contribution in [1.82, 2.24) is 25.0 Å². The van der Waals surface area contributed by atoms with Gasteiger partial charge in [-0.25, -0.2) is 0 Å². The van der Waals surface area contributed by atoms with E-state index < -0.39 is 0 Å². The minimum absolute atomic E-state index is 0.140. The van der Waals surface area contributed by atoms with E-state index in [0.29, 0.717) is 25.4 Å². The van der Waals surface area contributed by atoms with Crippen LogP contribution >= 0.6 is 11.3 Å². The summed E-state index contributed by atoms with van der Waals surface area (Å²) >= 11 is 1.71. The summed E-state index contributed by atoms with van der Waals surface area (Å²) in [6, 6.07) is 5.97. The molecule has 1 aliphatic heterocycles. The van der Waals surface area contributed by atoms with Gasteiger partial charge in [0, 0.05) is 63.4 Å². The maximum Gasteiger partial charge on any atom is 0.272 e. The molecule has 3 aromatic rings. The smallest absolute Gasteiger partial charge is 0.272 e. The average molecular weight is 412 g/mol. The number of nitrogens with zero attached hydrogens (tertiary/aromatic N) is 4. The number of rotatable bonds is 8. The Labute approximate surface area is 174 Å². The van der Waals surface area contributed by atoms with E-state index in [0.717, 1.165) is 42.9 Å². The summed E-state index contributed by atoms with van der Waals surface area (Å²) in [4.78, 5) is 19.4. The van der Waals surface area contributed by atoms with Gasteiger partial charge in [0.15, 0.2) is 5.69 Å². The Morgan fingerprint density at radius 1 is 1.34 bits per heavy atom. The maximum absolute atomic E-state index is 12.9. The minimum atomic E-state index is -0.140. The Morgan fingerprint density at radius 3 is 3.03 bits per heavy atom.